The van der Waals surface area contributed by atoms with E-state index in [1.54, 1.807) is 0 Å². The zero-order valence-electron chi connectivity index (χ0n) is 27.1. The van der Waals surface area contributed by atoms with Crippen LogP contribution in [-0.4, -0.2) is 47.1 Å². The van der Waals surface area contributed by atoms with Gasteiger partial charge in [0.1, 0.15) is 29.5 Å². The summed E-state index contributed by atoms with van der Waals surface area (Å²) in [6, 6.07) is 12.1. The molecule has 4 atom stereocenters. The van der Waals surface area contributed by atoms with Crippen LogP contribution in [0.5, 0.6) is 5.75 Å². The fourth-order valence-electron chi connectivity index (χ4n) is 6.54. The monoisotopic (exact) mass is 639 g/mol. The van der Waals surface area contributed by atoms with Crippen molar-refractivity contribution in [2.24, 2.45) is 11.3 Å². The number of nitrogens with one attached hydrogen (secondary N) is 3. The van der Waals surface area contributed by atoms with Crippen LogP contribution in [0.25, 0.3) is 11.6 Å². The lowest BCUT2D eigenvalue weighted by atomic mass is 9.72. The summed E-state index contributed by atoms with van der Waals surface area (Å²) in [6.45, 7) is 9.55. The van der Waals surface area contributed by atoms with Crippen LogP contribution in [0.3, 0.4) is 0 Å². The molecule has 1 spiro atoms. The van der Waals surface area contributed by atoms with E-state index in [-0.39, 0.29) is 47.3 Å². The molecule has 0 saturated carbocycles. The van der Waals surface area contributed by atoms with Crippen LogP contribution in [-0.2, 0) is 26.2 Å². The number of benzene rings is 2. The smallest absolute Gasteiger partial charge is 0.360 e. The SMILES string of the molecule is CCC(C)(C)C(=O)N[C@H]1Cc2ccc3c(c2)C2(c4ccccc4NC2O3)c2oc(nc2-c2nc(C(=O)OC)co2)[C@H](C(C)C)NC1=O. The first-order chi connectivity index (χ1) is 22.5. The minimum absolute atomic E-state index is 0.0254. The Hall–Kier alpha value is -5.13. The maximum absolute atomic E-state index is 14.1. The lowest BCUT2D eigenvalue weighted by Crippen LogP contribution is -2.52. The number of carbonyl (C=O) groups excluding carboxylic acids is 3. The van der Waals surface area contributed by atoms with Crippen molar-refractivity contribution in [3.63, 3.8) is 0 Å². The fourth-order valence-corrected chi connectivity index (χ4v) is 6.54. The summed E-state index contributed by atoms with van der Waals surface area (Å²) >= 11 is 0. The second-order valence-corrected chi connectivity index (χ2v) is 13.3. The molecule has 12 heteroatoms. The molecule has 0 aliphatic carbocycles. The Morgan fingerprint density at radius 2 is 1.91 bits per heavy atom. The van der Waals surface area contributed by atoms with Gasteiger partial charge in [0.15, 0.2) is 23.4 Å². The first kappa shape index (κ1) is 30.5. The summed E-state index contributed by atoms with van der Waals surface area (Å²) in [5.41, 5.74) is 1.86. The highest BCUT2D eigenvalue weighted by atomic mass is 16.5. The highest BCUT2D eigenvalue weighted by molar-refractivity contribution is 5.90. The Morgan fingerprint density at radius 1 is 1.13 bits per heavy atom. The van der Waals surface area contributed by atoms with E-state index in [9.17, 15) is 14.4 Å². The van der Waals surface area contributed by atoms with Gasteiger partial charge in [-0.05, 0) is 35.6 Å². The van der Waals surface area contributed by atoms with Gasteiger partial charge in [0, 0.05) is 23.1 Å². The number of oxazole rings is 2. The highest BCUT2D eigenvalue weighted by Crippen LogP contribution is 2.59. The zero-order chi connectivity index (χ0) is 33.2. The normalized spacial score (nSPS) is 22.6. The largest absolute Gasteiger partial charge is 0.469 e. The summed E-state index contributed by atoms with van der Waals surface area (Å²) in [7, 11) is 1.27. The molecule has 3 aliphatic rings. The molecule has 2 unspecified atom stereocenters. The highest BCUT2D eigenvalue weighted by Gasteiger charge is 2.61. The number of amides is 2. The summed E-state index contributed by atoms with van der Waals surface area (Å²) in [4.78, 5) is 49.2. The molecule has 12 nitrogen and oxygen atoms in total. The summed E-state index contributed by atoms with van der Waals surface area (Å²) < 4.78 is 24.1. The molecule has 5 heterocycles. The number of hydrogen-bond donors (Lipinski definition) is 3. The summed E-state index contributed by atoms with van der Waals surface area (Å²) in [5, 5.41) is 9.66. The van der Waals surface area contributed by atoms with Crippen molar-refractivity contribution in [2.75, 3.05) is 12.4 Å². The van der Waals surface area contributed by atoms with Crippen molar-refractivity contribution in [3.8, 4) is 17.3 Å². The van der Waals surface area contributed by atoms with Gasteiger partial charge in [-0.15, -0.1) is 0 Å². The van der Waals surface area contributed by atoms with Crippen molar-refractivity contribution in [2.45, 2.75) is 71.2 Å². The number of ether oxygens (including phenoxy) is 2. The molecular formula is C35H37N5O7. The maximum atomic E-state index is 14.1. The minimum Gasteiger partial charge on any atom is -0.469 e. The molecule has 2 aromatic heterocycles. The maximum Gasteiger partial charge on any atom is 0.360 e. The number of carbonyl (C=O) groups is 3. The molecule has 47 heavy (non-hydrogen) atoms. The zero-order valence-corrected chi connectivity index (χ0v) is 27.1. The Balaban J connectivity index is 1.48. The number of fused-ring (bicyclic) bond motifs is 4. The molecule has 244 valence electrons. The Bertz CT molecular complexity index is 1910. The van der Waals surface area contributed by atoms with E-state index < -0.39 is 35.1 Å². The number of esters is 1. The standard InChI is InChI=1S/C35H37N5O7/c1-7-34(4,5)32(43)37-22-15-18-12-13-24-20(14-18)35(19-10-8-9-11-21(19)38-33(35)46-24)27-26(29-36-23(16-45-29)31(42)44-6)40-30(47-27)25(17(2)3)39-28(22)41/h8-14,16-17,22,25,33,38H,7,15H2,1-6H3,(H,37,43)(H,39,41)/t22-,25-,33?,35?/m0/s1. The predicted molar refractivity (Wildman–Crippen MR) is 170 cm³/mol. The molecule has 0 saturated heterocycles. The van der Waals surface area contributed by atoms with Crippen LogP contribution in [0.15, 0.2) is 57.6 Å². The van der Waals surface area contributed by atoms with E-state index in [2.05, 4.69) is 20.9 Å². The lowest BCUT2D eigenvalue weighted by Gasteiger charge is -2.30. The number of anilines is 1. The Morgan fingerprint density at radius 3 is 2.66 bits per heavy atom. The van der Waals surface area contributed by atoms with E-state index in [1.807, 2.05) is 77.1 Å². The number of para-hydroxylation sites is 1. The van der Waals surface area contributed by atoms with Gasteiger partial charge in [-0.3, -0.25) is 9.59 Å². The van der Waals surface area contributed by atoms with E-state index >= 15 is 0 Å². The van der Waals surface area contributed by atoms with Crippen molar-refractivity contribution in [3.05, 3.63) is 82.8 Å². The van der Waals surface area contributed by atoms with E-state index in [0.717, 1.165) is 22.4 Å². The molecular weight excluding hydrogens is 602 g/mol. The van der Waals surface area contributed by atoms with Gasteiger partial charge >= 0.3 is 5.97 Å². The van der Waals surface area contributed by atoms with Crippen LogP contribution in [0.1, 0.15) is 85.9 Å². The van der Waals surface area contributed by atoms with E-state index in [4.69, 9.17) is 23.3 Å². The first-order valence-electron chi connectivity index (χ1n) is 15.8. The van der Waals surface area contributed by atoms with Crippen LogP contribution < -0.4 is 20.7 Å². The van der Waals surface area contributed by atoms with Crippen LogP contribution in [0.2, 0.25) is 0 Å². The van der Waals surface area contributed by atoms with Gasteiger partial charge < -0.3 is 34.3 Å². The average Bonchev–Trinajstić information content (AvgIpc) is 3.83. The number of nitrogens with zero attached hydrogens (tertiary/aromatic N) is 2. The second-order valence-electron chi connectivity index (χ2n) is 13.3. The van der Waals surface area contributed by atoms with E-state index in [0.29, 0.717) is 17.9 Å². The molecule has 2 amide bonds. The Kier molecular flexibility index (Phi) is 7.14. The number of rotatable bonds is 6. The topological polar surface area (TPSA) is 158 Å². The van der Waals surface area contributed by atoms with Crippen molar-refractivity contribution >= 4 is 23.5 Å². The first-order valence-corrected chi connectivity index (χ1v) is 15.8. The van der Waals surface area contributed by atoms with Crippen LogP contribution in [0.4, 0.5) is 5.69 Å². The van der Waals surface area contributed by atoms with Gasteiger partial charge in [0.2, 0.25) is 23.6 Å². The summed E-state index contributed by atoms with van der Waals surface area (Å²) in [5.74, 6) is -0.130. The molecule has 4 bridgehead atoms. The van der Waals surface area contributed by atoms with Gasteiger partial charge in [-0.25, -0.2) is 14.8 Å². The molecule has 0 fully saturated rings. The average molecular weight is 640 g/mol. The van der Waals surface area contributed by atoms with Gasteiger partial charge in [0.25, 0.3) is 0 Å². The third kappa shape index (κ3) is 4.68. The van der Waals surface area contributed by atoms with Crippen LogP contribution in [0, 0.1) is 11.3 Å². The van der Waals surface area contributed by atoms with E-state index in [1.165, 1.54) is 13.4 Å². The fraction of sp³-hybridized carbons (Fsp3) is 0.400. The molecule has 0 radical (unpaired) electrons. The number of aromatic nitrogens is 2. The van der Waals surface area contributed by atoms with Crippen molar-refractivity contribution in [1.82, 2.24) is 20.6 Å². The molecule has 2 aromatic carbocycles. The van der Waals surface area contributed by atoms with Gasteiger partial charge in [0.05, 0.1) is 7.11 Å². The molecule has 3 N–H and O–H groups in total. The molecule has 3 aliphatic heterocycles. The molecule has 7 rings (SSSR count). The minimum atomic E-state index is -1.06. The summed E-state index contributed by atoms with van der Waals surface area (Å²) in [6.07, 6.45) is 1.44. The lowest BCUT2D eigenvalue weighted by molar-refractivity contribution is -0.134. The third-order valence-electron chi connectivity index (χ3n) is 9.64. The van der Waals surface area contributed by atoms with Gasteiger partial charge in [-0.2, -0.15) is 0 Å². The predicted octanol–water partition coefficient (Wildman–Crippen LogP) is 4.89. The quantitative estimate of drug-likeness (QED) is 0.248. The second kappa shape index (κ2) is 11.0. The van der Waals surface area contributed by atoms with Crippen LogP contribution >= 0.6 is 0 Å². The van der Waals surface area contributed by atoms with Crippen molar-refractivity contribution in [1.29, 1.82) is 0 Å². The number of methoxy groups -OCH3 is 1. The molecule has 4 aromatic rings. The Labute approximate surface area is 271 Å². The third-order valence-corrected chi connectivity index (χ3v) is 9.64. The van der Waals surface area contributed by atoms with Gasteiger partial charge in [-0.1, -0.05) is 65.0 Å². The number of hydrogen-bond acceptors (Lipinski definition) is 10. The van der Waals surface area contributed by atoms with Crippen molar-refractivity contribution < 1.29 is 32.7 Å².